The fraction of sp³-hybridized carbons (Fsp3) is 0.588. The SMILES string of the molecule is I.NC(=NCCCCOCCc1ccccc1)N1CCSCC1. The molecule has 0 aromatic heterocycles. The molecule has 23 heavy (non-hydrogen) atoms. The number of hydrogen-bond acceptors (Lipinski definition) is 3. The zero-order valence-corrected chi connectivity index (χ0v) is 16.8. The average molecular weight is 449 g/mol. The van der Waals surface area contributed by atoms with Gasteiger partial charge in [0.05, 0.1) is 6.61 Å². The van der Waals surface area contributed by atoms with Crippen molar-refractivity contribution in [3.63, 3.8) is 0 Å². The Morgan fingerprint density at radius 3 is 2.61 bits per heavy atom. The second-order valence-electron chi connectivity index (χ2n) is 5.39. The minimum atomic E-state index is 0. The predicted octanol–water partition coefficient (Wildman–Crippen LogP) is 3.01. The van der Waals surface area contributed by atoms with Crippen LogP contribution in [0.4, 0.5) is 0 Å². The highest BCUT2D eigenvalue weighted by Gasteiger charge is 2.11. The Balaban J connectivity index is 0.00000264. The van der Waals surface area contributed by atoms with Crippen LogP contribution < -0.4 is 5.73 Å². The van der Waals surface area contributed by atoms with Crippen molar-refractivity contribution in [1.82, 2.24) is 4.90 Å². The maximum absolute atomic E-state index is 6.01. The summed E-state index contributed by atoms with van der Waals surface area (Å²) in [6.07, 6.45) is 3.06. The van der Waals surface area contributed by atoms with Crippen LogP contribution in [0.3, 0.4) is 0 Å². The van der Waals surface area contributed by atoms with Gasteiger partial charge in [-0.05, 0) is 24.8 Å². The van der Waals surface area contributed by atoms with Crippen molar-refractivity contribution in [1.29, 1.82) is 0 Å². The minimum Gasteiger partial charge on any atom is -0.381 e. The number of hydrogen-bond donors (Lipinski definition) is 1. The van der Waals surface area contributed by atoms with Crippen molar-refractivity contribution in [3.8, 4) is 0 Å². The van der Waals surface area contributed by atoms with Crippen LogP contribution in [0, 0.1) is 0 Å². The van der Waals surface area contributed by atoms with Gasteiger partial charge in [-0.25, -0.2) is 0 Å². The zero-order valence-electron chi connectivity index (χ0n) is 13.7. The molecule has 0 amide bonds. The monoisotopic (exact) mass is 449 g/mol. The van der Waals surface area contributed by atoms with Gasteiger partial charge in [0.1, 0.15) is 0 Å². The largest absolute Gasteiger partial charge is 0.381 e. The second-order valence-corrected chi connectivity index (χ2v) is 6.62. The van der Waals surface area contributed by atoms with Gasteiger partial charge in [0, 0.05) is 37.7 Å². The van der Waals surface area contributed by atoms with E-state index >= 15 is 0 Å². The Morgan fingerprint density at radius 1 is 1.13 bits per heavy atom. The molecule has 1 heterocycles. The van der Waals surface area contributed by atoms with Gasteiger partial charge in [0.25, 0.3) is 0 Å². The van der Waals surface area contributed by atoms with Gasteiger partial charge in [-0.2, -0.15) is 11.8 Å². The summed E-state index contributed by atoms with van der Waals surface area (Å²) in [6, 6.07) is 10.5. The molecule has 2 N–H and O–H groups in total. The number of aliphatic imine (C=N–C) groups is 1. The molecule has 0 aliphatic carbocycles. The Labute approximate surface area is 161 Å². The highest BCUT2D eigenvalue weighted by Crippen LogP contribution is 2.08. The smallest absolute Gasteiger partial charge is 0.191 e. The molecule has 2 rings (SSSR count). The van der Waals surface area contributed by atoms with Crippen molar-refractivity contribution in [2.45, 2.75) is 19.3 Å². The van der Waals surface area contributed by atoms with Gasteiger partial charge in [0.15, 0.2) is 5.96 Å². The Morgan fingerprint density at radius 2 is 1.87 bits per heavy atom. The summed E-state index contributed by atoms with van der Waals surface area (Å²) < 4.78 is 5.67. The molecular weight excluding hydrogens is 421 g/mol. The third kappa shape index (κ3) is 8.81. The summed E-state index contributed by atoms with van der Waals surface area (Å²) in [7, 11) is 0. The van der Waals surface area contributed by atoms with Crippen LogP contribution in [0.15, 0.2) is 35.3 Å². The molecule has 1 saturated heterocycles. The molecule has 1 aliphatic heterocycles. The van der Waals surface area contributed by atoms with Crippen molar-refractivity contribution >= 4 is 41.7 Å². The van der Waals surface area contributed by atoms with E-state index in [1.165, 1.54) is 5.56 Å². The molecule has 0 saturated carbocycles. The molecule has 0 spiro atoms. The van der Waals surface area contributed by atoms with Crippen LogP contribution in [-0.2, 0) is 11.2 Å². The second kappa shape index (κ2) is 12.9. The van der Waals surface area contributed by atoms with Gasteiger partial charge in [-0.1, -0.05) is 30.3 Å². The van der Waals surface area contributed by atoms with Crippen LogP contribution in [0.2, 0.25) is 0 Å². The van der Waals surface area contributed by atoms with E-state index in [9.17, 15) is 0 Å². The van der Waals surface area contributed by atoms with Crippen molar-refractivity contribution < 1.29 is 4.74 Å². The first-order valence-electron chi connectivity index (χ1n) is 8.10. The molecule has 1 aromatic carbocycles. The topological polar surface area (TPSA) is 50.9 Å². The third-order valence-electron chi connectivity index (χ3n) is 3.68. The standard InChI is InChI=1S/C17H27N3OS.HI/c18-17(20-10-14-22-15-11-20)19-9-4-5-12-21-13-8-16-6-2-1-3-7-16;/h1-3,6-7H,4-5,8-15H2,(H2,18,19);1H. The van der Waals surface area contributed by atoms with Gasteiger partial charge < -0.3 is 15.4 Å². The zero-order chi connectivity index (χ0) is 15.5. The number of nitrogens with two attached hydrogens (primary N) is 1. The van der Waals surface area contributed by atoms with Crippen LogP contribution >= 0.6 is 35.7 Å². The number of rotatable bonds is 8. The van der Waals surface area contributed by atoms with Crippen molar-refractivity contribution in [2.24, 2.45) is 10.7 Å². The van der Waals surface area contributed by atoms with E-state index in [2.05, 4.69) is 34.2 Å². The highest BCUT2D eigenvalue weighted by molar-refractivity contribution is 14.0. The van der Waals surface area contributed by atoms with Crippen molar-refractivity contribution in [2.75, 3.05) is 44.4 Å². The molecule has 1 fully saturated rings. The molecule has 6 heteroatoms. The molecule has 130 valence electrons. The van der Waals surface area contributed by atoms with E-state index in [4.69, 9.17) is 10.5 Å². The molecule has 1 aromatic rings. The van der Waals surface area contributed by atoms with E-state index in [1.807, 2.05) is 17.8 Å². The van der Waals surface area contributed by atoms with Crippen LogP contribution in [0.5, 0.6) is 0 Å². The van der Waals surface area contributed by atoms with Crippen LogP contribution in [0.25, 0.3) is 0 Å². The summed E-state index contributed by atoms with van der Waals surface area (Å²) in [5.74, 6) is 3.03. The van der Waals surface area contributed by atoms with E-state index < -0.39 is 0 Å². The number of halogens is 1. The molecule has 0 atom stereocenters. The lowest BCUT2D eigenvalue weighted by Gasteiger charge is -2.27. The van der Waals surface area contributed by atoms with Gasteiger partial charge in [0.2, 0.25) is 0 Å². The number of ether oxygens (including phenoxy) is 1. The number of benzene rings is 1. The number of guanidine groups is 1. The summed E-state index contributed by atoms with van der Waals surface area (Å²) in [6.45, 7) is 4.46. The Kier molecular flexibility index (Phi) is 11.5. The van der Waals surface area contributed by atoms with Crippen LogP contribution in [-0.4, -0.2) is 55.2 Å². The first kappa shape index (κ1) is 20.6. The van der Waals surface area contributed by atoms with E-state index in [0.717, 1.165) is 63.6 Å². The number of thioether (sulfide) groups is 1. The predicted molar refractivity (Wildman–Crippen MR) is 111 cm³/mol. The quantitative estimate of drug-likeness (QED) is 0.287. The Hall–Kier alpha value is -0.470. The maximum atomic E-state index is 6.01. The molecule has 1 aliphatic rings. The summed E-state index contributed by atoms with van der Waals surface area (Å²) in [4.78, 5) is 6.66. The minimum absolute atomic E-state index is 0. The molecular formula is C17H28IN3OS. The molecule has 0 radical (unpaired) electrons. The first-order valence-corrected chi connectivity index (χ1v) is 9.26. The van der Waals surface area contributed by atoms with Crippen LogP contribution in [0.1, 0.15) is 18.4 Å². The van der Waals surface area contributed by atoms with Crippen molar-refractivity contribution in [3.05, 3.63) is 35.9 Å². The summed E-state index contributed by atoms with van der Waals surface area (Å²) in [5.41, 5.74) is 7.34. The summed E-state index contributed by atoms with van der Waals surface area (Å²) in [5, 5.41) is 0. The lowest BCUT2D eigenvalue weighted by Crippen LogP contribution is -2.42. The molecule has 4 nitrogen and oxygen atoms in total. The lowest BCUT2D eigenvalue weighted by atomic mass is 10.2. The van der Waals surface area contributed by atoms with Gasteiger partial charge in [-0.3, -0.25) is 4.99 Å². The number of unbranched alkanes of at least 4 members (excludes halogenated alkanes) is 1. The fourth-order valence-corrected chi connectivity index (χ4v) is 3.24. The van der Waals surface area contributed by atoms with Gasteiger partial charge >= 0.3 is 0 Å². The number of nitrogens with zero attached hydrogens (tertiary/aromatic N) is 2. The molecule has 0 bridgehead atoms. The normalized spacial score (nSPS) is 15.3. The summed E-state index contributed by atoms with van der Waals surface area (Å²) >= 11 is 1.99. The molecule has 0 unspecified atom stereocenters. The first-order chi connectivity index (χ1) is 10.9. The fourth-order valence-electron chi connectivity index (χ4n) is 2.34. The Bertz CT molecular complexity index is 439. The average Bonchev–Trinajstić information content (AvgIpc) is 2.59. The third-order valence-corrected chi connectivity index (χ3v) is 4.63. The lowest BCUT2D eigenvalue weighted by molar-refractivity contribution is 0.134. The van der Waals surface area contributed by atoms with E-state index in [0.29, 0.717) is 5.96 Å². The van der Waals surface area contributed by atoms with Gasteiger partial charge in [-0.15, -0.1) is 24.0 Å². The van der Waals surface area contributed by atoms with E-state index in [1.54, 1.807) is 0 Å². The highest BCUT2D eigenvalue weighted by atomic mass is 127. The van der Waals surface area contributed by atoms with E-state index in [-0.39, 0.29) is 24.0 Å². The maximum Gasteiger partial charge on any atom is 0.191 e.